The van der Waals surface area contributed by atoms with Crippen LogP contribution in [-0.4, -0.2) is 27.1 Å². The number of fused-ring (bicyclic) bond motifs is 1. The lowest BCUT2D eigenvalue weighted by atomic mass is 9.80. The summed E-state index contributed by atoms with van der Waals surface area (Å²) in [7, 11) is -1.42. The maximum absolute atomic E-state index is 9.16. The Morgan fingerprint density at radius 1 is 1.10 bits per heavy atom. The predicted octanol–water partition coefficient (Wildman–Crippen LogP) is 1.53. The van der Waals surface area contributed by atoms with Crippen LogP contribution >= 0.6 is 11.8 Å². The molecule has 20 heavy (non-hydrogen) atoms. The summed E-state index contributed by atoms with van der Waals surface area (Å²) < 4.78 is 0. The monoisotopic (exact) mass is 284 g/mol. The number of nitrogens with one attached hydrogen (secondary N) is 1. The van der Waals surface area contributed by atoms with Crippen molar-refractivity contribution in [2.75, 3.05) is 0 Å². The van der Waals surface area contributed by atoms with Crippen molar-refractivity contribution in [3.63, 3.8) is 0 Å². The van der Waals surface area contributed by atoms with E-state index in [0.717, 1.165) is 27.5 Å². The van der Waals surface area contributed by atoms with Gasteiger partial charge in [0, 0.05) is 5.75 Å². The quantitative estimate of drug-likeness (QED) is 0.502. The number of imidazole rings is 1. The van der Waals surface area contributed by atoms with Gasteiger partial charge in [0.2, 0.25) is 0 Å². The van der Waals surface area contributed by atoms with Gasteiger partial charge in [-0.05, 0) is 23.2 Å². The third-order valence-corrected chi connectivity index (χ3v) is 3.94. The van der Waals surface area contributed by atoms with Gasteiger partial charge in [0.05, 0.1) is 11.0 Å². The highest BCUT2D eigenvalue weighted by atomic mass is 32.2. The summed E-state index contributed by atoms with van der Waals surface area (Å²) in [5.41, 5.74) is 3.51. The summed E-state index contributed by atoms with van der Waals surface area (Å²) >= 11 is 1.59. The second-order valence-corrected chi connectivity index (χ2v) is 5.43. The maximum Gasteiger partial charge on any atom is 0.488 e. The van der Waals surface area contributed by atoms with E-state index in [-0.39, 0.29) is 0 Å². The number of hydrogen-bond donors (Lipinski definition) is 3. The van der Waals surface area contributed by atoms with E-state index in [1.54, 1.807) is 23.9 Å². The molecule has 1 aromatic heterocycles. The summed E-state index contributed by atoms with van der Waals surface area (Å²) in [4.78, 5) is 7.75. The lowest BCUT2D eigenvalue weighted by molar-refractivity contribution is 0.425. The summed E-state index contributed by atoms with van der Waals surface area (Å²) in [6, 6.07) is 15.2. The number of aromatic amines is 1. The van der Waals surface area contributed by atoms with Crippen LogP contribution in [0.25, 0.3) is 11.0 Å². The first-order chi connectivity index (χ1) is 9.72. The van der Waals surface area contributed by atoms with E-state index < -0.39 is 7.12 Å². The standard InChI is InChI=1S/C14H13BN2O2S/c18-15(19)11-5-3-4-10(8-11)9-20-14-16-12-6-1-2-7-13(12)17-14/h1-8,18-19H,9H2,(H,16,17). The lowest BCUT2D eigenvalue weighted by Gasteiger charge is -2.03. The second-order valence-electron chi connectivity index (χ2n) is 4.47. The largest absolute Gasteiger partial charge is 0.488 e. The molecule has 3 rings (SSSR count). The number of nitrogens with zero attached hydrogens (tertiary/aromatic N) is 1. The molecule has 0 radical (unpaired) electrons. The highest BCUT2D eigenvalue weighted by Crippen LogP contribution is 2.22. The zero-order valence-electron chi connectivity index (χ0n) is 10.7. The Kier molecular flexibility index (Phi) is 3.78. The topological polar surface area (TPSA) is 69.1 Å². The Hall–Kier alpha value is -1.76. The first kappa shape index (κ1) is 13.2. The number of hydrogen-bond acceptors (Lipinski definition) is 4. The third-order valence-electron chi connectivity index (χ3n) is 2.99. The van der Waals surface area contributed by atoms with E-state index >= 15 is 0 Å². The first-order valence-electron chi connectivity index (χ1n) is 6.25. The van der Waals surface area contributed by atoms with Crippen LogP contribution < -0.4 is 5.46 Å². The average Bonchev–Trinajstić information content (AvgIpc) is 2.88. The Labute approximate surface area is 121 Å². The van der Waals surface area contributed by atoms with E-state index in [1.165, 1.54) is 0 Å². The SMILES string of the molecule is OB(O)c1cccc(CSc2nc3ccccc3[nH]2)c1. The molecule has 100 valence electrons. The van der Waals surface area contributed by atoms with Crippen molar-refractivity contribution in [3.8, 4) is 0 Å². The van der Waals surface area contributed by atoms with Gasteiger partial charge >= 0.3 is 7.12 Å². The maximum atomic E-state index is 9.16. The average molecular weight is 284 g/mol. The van der Waals surface area contributed by atoms with Crippen LogP contribution in [0.15, 0.2) is 53.7 Å². The Bertz CT molecular complexity index is 697. The molecule has 0 saturated carbocycles. The zero-order chi connectivity index (χ0) is 13.9. The van der Waals surface area contributed by atoms with E-state index in [0.29, 0.717) is 5.46 Å². The molecule has 0 fully saturated rings. The molecule has 0 atom stereocenters. The number of thioether (sulfide) groups is 1. The molecule has 0 aliphatic rings. The molecule has 3 N–H and O–H groups in total. The van der Waals surface area contributed by atoms with E-state index in [2.05, 4.69) is 9.97 Å². The van der Waals surface area contributed by atoms with Crippen LogP contribution in [0, 0.1) is 0 Å². The summed E-state index contributed by atoms with van der Waals surface area (Å²) in [6.45, 7) is 0. The molecule has 0 aliphatic carbocycles. The molecule has 0 unspecified atom stereocenters. The molecular weight excluding hydrogens is 271 g/mol. The van der Waals surface area contributed by atoms with Crippen LogP contribution in [0.1, 0.15) is 5.56 Å². The fourth-order valence-electron chi connectivity index (χ4n) is 1.99. The van der Waals surface area contributed by atoms with Crippen LogP contribution in [-0.2, 0) is 5.75 Å². The lowest BCUT2D eigenvalue weighted by Crippen LogP contribution is -2.29. The Morgan fingerprint density at radius 3 is 2.75 bits per heavy atom. The highest BCUT2D eigenvalue weighted by Gasteiger charge is 2.11. The number of rotatable bonds is 4. The van der Waals surface area contributed by atoms with Crippen LogP contribution in [0.3, 0.4) is 0 Å². The molecule has 2 aromatic carbocycles. The highest BCUT2D eigenvalue weighted by molar-refractivity contribution is 7.98. The fourth-order valence-corrected chi connectivity index (χ4v) is 2.82. The van der Waals surface area contributed by atoms with Gasteiger partial charge in [-0.3, -0.25) is 0 Å². The van der Waals surface area contributed by atoms with E-state index in [4.69, 9.17) is 10.0 Å². The predicted molar refractivity (Wildman–Crippen MR) is 81.9 cm³/mol. The molecule has 4 nitrogen and oxygen atoms in total. The van der Waals surface area contributed by atoms with Crippen molar-refractivity contribution < 1.29 is 10.0 Å². The number of para-hydroxylation sites is 2. The minimum absolute atomic E-state index is 0.507. The van der Waals surface area contributed by atoms with Gasteiger partial charge in [-0.25, -0.2) is 4.98 Å². The number of benzene rings is 2. The van der Waals surface area contributed by atoms with Gasteiger partial charge in [-0.15, -0.1) is 0 Å². The van der Waals surface area contributed by atoms with Crippen LogP contribution in [0.5, 0.6) is 0 Å². The van der Waals surface area contributed by atoms with Gasteiger partial charge in [-0.1, -0.05) is 48.2 Å². The molecule has 0 aliphatic heterocycles. The Morgan fingerprint density at radius 2 is 1.95 bits per heavy atom. The fraction of sp³-hybridized carbons (Fsp3) is 0.0714. The third kappa shape index (κ3) is 2.87. The smallest absolute Gasteiger partial charge is 0.423 e. The van der Waals surface area contributed by atoms with Gasteiger partial charge in [0.1, 0.15) is 0 Å². The summed E-state index contributed by atoms with van der Waals surface area (Å²) in [5.74, 6) is 0.723. The molecule has 0 saturated heterocycles. The van der Waals surface area contributed by atoms with Gasteiger partial charge in [0.15, 0.2) is 5.16 Å². The molecule has 0 spiro atoms. The second kappa shape index (κ2) is 5.70. The van der Waals surface area contributed by atoms with Crippen LogP contribution in [0.2, 0.25) is 0 Å². The first-order valence-corrected chi connectivity index (χ1v) is 7.23. The van der Waals surface area contributed by atoms with Crippen molar-refractivity contribution in [2.24, 2.45) is 0 Å². The van der Waals surface area contributed by atoms with E-state index in [9.17, 15) is 0 Å². The summed E-state index contributed by atoms with van der Waals surface area (Å²) in [5, 5.41) is 19.2. The summed E-state index contributed by atoms with van der Waals surface area (Å²) in [6.07, 6.45) is 0. The van der Waals surface area contributed by atoms with Crippen molar-refractivity contribution in [1.82, 2.24) is 9.97 Å². The minimum Gasteiger partial charge on any atom is -0.423 e. The molecule has 0 amide bonds. The van der Waals surface area contributed by atoms with Gasteiger partial charge < -0.3 is 15.0 Å². The van der Waals surface area contributed by atoms with Gasteiger partial charge in [-0.2, -0.15) is 0 Å². The molecule has 1 heterocycles. The Balaban J connectivity index is 1.74. The van der Waals surface area contributed by atoms with Gasteiger partial charge in [0.25, 0.3) is 0 Å². The van der Waals surface area contributed by atoms with Crippen molar-refractivity contribution in [1.29, 1.82) is 0 Å². The molecular formula is C14H13BN2O2S. The van der Waals surface area contributed by atoms with Crippen molar-refractivity contribution in [2.45, 2.75) is 10.9 Å². The molecule has 6 heteroatoms. The zero-order valence-corrected chi connectivity index (χ0v) is 11.5. The minimum atomic E-state index is -1.42. The van der Waals surface area contributed by atoms with Crippen LogP contribution in [0.4, 0.5) is 0 Å². The number of aromatic nitrogens is 2. The van der Waals surface area contributed by atoms with Crippen molar-refractivity contribution >= 4 is 35.4 Å². The normalized spacial score (nSPS) is 10.9. The molecule has 3 aromatic rings. The number of H-pyrrole nitrogens is 1. The van der Waals surface area contributed by atoms with Crippen molar-refractivity contribution in [3.05, 3.63) is 54.1 Å². The molecule has 0 bridgehead atoms. The van der Waals surface area contributed by atoms with E-state index in [1.807, 2.05) is 36.4 Å².